The Labute approximate surface area is 138 Å². The number of rotatable bonds is 5. The maximum atomic E-state index is 11.8. The van der Waals surface area contributed by atoms with E-state index in [1.54, 1.807) is 37.5 Å². The van der Waals surface area contributed by atoms with E-state index in [0.717, 1.165) is 5.76 Å². The summed E-state index contributed by atoms with van der Waals surface area (Å²) in [5.74, 6) is 0.304. The van der Waals surface area contributed by atoms with Gasteiger partial charge in [-0.05, 0) is 49.5 Å². The first-order valence-corrected chi connectivity index (χ1v) is 7.42. The Hall–Kier alpha value is -2.05. The second-order valence-corrected chi connectivity index (χ2v) is 5.12. The van der Waals surface area contributed by atoms with Gasteiger partial charge < -0.3 is 19.8 Å². The van der Waals surface area contributed by atoms with Gasteiger partial charge in [-0.1, -0.05) is 11.6 Å². The number of esters is 1. The zero-order chi connectivity index (χ0) is 15.9. The Morgan fingerprint density at radius 1 is 1.41 bits per heavy atom. The van der Waals surface area contributed by atoms with Crippen LogP contribution in [0.4, 0.5) is 5.69 Å². The van der Waals surface area contributed by atoms with Crippen molar-refractivity contribution in [3.05, 3.63) is 52.9 Å². The summed E-state index contributed by atoms with van der Waals surface area (Å²) >= 11 is 11.2. The first-order valence-electron chi connectivity index (χ1n) is 6.64. The number of nitrogens with one attached hydrogen (secondary N) is 2. The molecule has 0 amide bonds. The fourth-order valence-corrected chi connectivity index (χ4v) is 2.11. The molecule has 0 bridgehead atoms. The van der Waals surface area contributed by atoms with Gasteiger partial charge >= 0.3 is 5.97 Å². The zero-order valence-electron chi connectivity index (χ0n) is 11.9. The van der Waals surface area contributed by atoms with Crippen molar-refractivity contribution < 1.29 is 13.9 Å². The van der Waals surface area contributed by atoms with Crippen molar-refractivity contribution in [3.8, 4) is 0 Å². The van der Waals surface area contributed by atoms with E-state index >= 15 is 0 Å². The van der Waals surface area contributed by atoms with Crippen LogP contribution >= 0.6 is 23.8 Å². The lowest BCUT2D eigenvalue weighted by atomic mass is 10.2. The van der Waals surface area contributed by atoms with Crippen molar-refractivity contribution in [3.63, 3.8) is 0 Å². The summed E-state index contributed by atoms with van der Waals surface area (Å²) in [5, 5.41) is 6.72. The minimum absolute atomic E-state index is 0.288. The maximum Gasteiger partial charge on any atom is 0.339 e. The highest BCUT2D eigenvalue weighted by Crippen LogP contribution is 2.21. The van der Waals surface area contributed by atoms with Crippen LogP contribution in [0.3, 0.4) is 0 Å². The summed E-state index contributed by atoms with van der Waals surface area (Å²) in [6.45, 7) is 2.49. The predicted octanol–water partition coefficient (Wildman–Crippen LogP) is 3.60. The van der Waals surface area contributed by atoms with E-state index in [-0.39, 0.29) is 6.61 Å². The number of carbonyl (C=O) groups is 1. The van der Waals surface area contributed by atoms with Gasteiger partial charge in [-0.15, -0.1) is 0 Å². The zero-order valence-corrected chi connectivity index (χ0v) is 13.5. The van der Waals surface area contributed by atoms with Crippen LogP contribution < -0.4 is 10.6 Å². The highest BCUT2D eigenvalue weighted by Gasteiger charge is 2.12. The first-order chi connectivity index (χ1) is 10.6. The van der Waals surface area contributed by atoms with Crippen LogP contribution in [0.2, 0.25) is 5.02 Å². The molecule has 7 heteroatoms. The Kier molecular flexibility index (Phi) is 5.80. The second-order valence-electron chi connectivity index (χ2n) is 4.30. The van der Waals surface area contributed by atoms with Crippen molar-refractivity contribution in [2.75, 3.05) is 11.9 Å². The standard InChI is InChI=1S/C15H15ClN2O3S/c1-2-20-14(19)12-8-10(5-6-13(12)16)18-15(22)17-9-11-4-3-7-21-11/h3-8H,2,9H2,1H3,(H2,17,18,22). The number of hydrogen-bond acceptors (Lipinski definition) is 4. The molecule has 0 radical (unpaired) electrons. The normalized spacial score (nSPS) is 10.1. The molecule has 1 aromatic carbocycles. The molecule has 0 aliphatic rings. The van der Waals surface area contributed by atoms with E-state index in [1.807, 2.05) is 6.07 Å². The number of anilines is 1. The molecule has 0 aliphatic heterocycles. The molecule has 22 heavy (non-hydrogen) atoms. The molecule has 0 fully saturated rings. The average Bonchev–Trinajstić information content (AvgIpc) is 3.01. The SMILES string of the molecule is CCOC(=O)c1cc(NC(=S)NCc2ccco2)ccc1Cl. The maximum absolute atomic E-state index is 11.8. The summed E-state index contributed by atoms with van der Waals surface area (Å²) in [6, 6.07) is 8.59. The van der Waals surface area contributed by atoms with Crippen molar-refractivity contribution >= 4 is 40.6 Å². The molecule has 0 unspecified atom stereocenters. The molecule has 2 aromatic rings. The molecule has 2 N–H and O–H groups in total. The number of ether oxygens (including phenoxy) is 1. The number of benzene rings is 1. The van der Waals surface area contributed by atoms with Crippen molar-refractivity contribution in [2.45, 2.75) is 13.5 Å². The lowest BCUT2D eigenvalue weighted by molar-refractivity contribution is 0.0526. The minimum atomic E-state index is -0.467. The first kappa shape index (κ1) is 16.3. The smallest absolute Gasteiger partial charge is 0.339 e. The quantitative estimate of drug-likeness (QED) is 0.641. The van der Waals surface area contributed by atoms with Gasteiger partial charge in [0.2, 0.25) is 0 Å². The molecule has 0 saturated heterocycles. The molecule has 1 heterocycles. The minimum Gasteiger partial charge on any atom is -0.467 e. The number of halogens is 1. The molecule has 0 saturated carbocycles. The number of thiocarbonyl (C=S) groups is 1. The molecule has 0 atom stereocenters. The summed E-state index contributed by atoms with van der Waals surface area (Å²) in [6.07, 6.45) is 1.60. The number of furan rings is 1. The van der Waals surface area contributed by atoms with Gasteiger partial charge in [0.1, 0.15) is 5.76 Å². The predicted molar refractivity (Wildman–Crippen MR) is 89.2 cm³/mol. The molecule has 0 aliphatic carbocycles. The van der Waals surface area contributed by atoms with Crippen LogP contribution in [0.15, 0.2) is 41.0 Å². The molecule has 116 valence electrons. The Morgan fingerprint density at radius 3 is 2.91 bits per heavy atom. The highest BCUT2D eigenvalue weighted by atomic mass is 35.5. The van der Waals surface area contributed by atoms with Crippen molar-refractivity contribution in [1.29, 1.82) is 0 Å². The fourth-order valence-electron chi connectivity index (χ4n) is 1.72. The average molecular weight is 339 g/mol. The Bertz CT molecular complexity index is 659. The third-order valence-electron chi connectivity index (χ3n) is 2.72. The lowest BCUT2D eigenvalue weighted by Gasteiger charge is -2.11. The third kappa shape index (κ3) is 4.47. The van der Waals surface area contributed by atoms with Crippen LogP contribution in [-0.2, 0) is 11.3 Å². The van der Waals surface area contributed by atoms with Crippen LogP contribution in [0.25, 0.3) is 0 Å². The number of carbonyl (C=O) groups excluding carboxylic acids is 1. The van der Waals surface area contributed by atoms with E-state index in [0.29, 0.717) is 27.9 Å². The van der Waals surface area contributed by atoms with Crippen molar-refractivity contribution in [1.82, 2.24) is 5.32 Å². The van der Waals surface area contributed by atoms with Crippen LogP contribution in [0, 0.1) is 0 Å². The van der Waals surface area contributed by atoms with Gasteiger partial charge in [0.25, 0.3) is 0 Å². The monoisotopic (exact) mass is 338 g/mol. The molecule has 1 aromatic heterocycles. The summed E-state index contributed by atoms with van der Waals surface area (Å²) in [5.41, 5.74) is 0.937. The lowest BCUT2D eigenvalue weighted by Crippen LogP contribution is -2.27. The highest BCUT2D eigenvalue weighted by molar-refractivity contribution is 7.80. The topological polar surface area (TPSA) is 63.5 Å². The Morgan fingerprint density at radius 2 is 2.23 bits per heavy atom. The molecular formula is C15H15ClN2O3S. The van der Waals surface area contributed by atoms with Gasteiger partial charge in [0.15, 0.2) is 5.11 Å². The van der Waals surface area contributed by atoms with E-state index in [2.05, 4.69) is 10.6 Å². The molecule has 0 spiro atoms. The van der Waals surface area contributed by atoms with Crippen LogP contribution in [-0.4, -0.2) is 17.7 Å². The molecule has 2 rings (SSSR count). The van der Waals surface area contributed by atoms with Gasteiger partial charge in [-0.2, -0.15) is 0 Å². The molecular weight excluding hydrogens is 324 g/mol. The summed E-state index contributed by atoms with van der Waals surface area (Å²) in [4.78, 5) is 11.8. The van der Waals surface area contributed by atoms with Crippen molar-refractivity contribution in [2.24, 2.45) is 0 Å². The largest absolute Gasteiger partial charge is 0.467 e. The van der Waals surface area contributed by atoms with E-state index in [9.17, 15) is 4.79 Å². The second kappa shape index (κ2) is 7.82. The summed E-state index contributed by atoms with van der Waals surface area (Å²) < 4.78 is 10.2. The third-order valence-corrected chi connectivity index (χ3v) is 3.30. The van der Waals surface area contributed by atoms with Crippen LogP contribution in [0.1, 0.15) is 23.0 Å². The van der Waals surface area contributed by atoms with Crippen LogP contribution in [0.5, 0.6) is 0 Å². The van der Waals surface area contributed by atoms with Gasteiger partial charge in [-0.25, -0.2) is 4.79 Å². The number of hydrogen-bond donors (Lipinski definition) is 2. The van der Waals surface area contributed by atoms with E-state index in [4.69, 9.17) is 33.0 Å². The van der Waals surface area contributed by atoms with E-state index in [1.165, 1.54) is 0 Å². The fraction of sp³-hybridized carbons (Fsp3) is 0.200. The summed E-state index contributed by atoms with van der Waals surface area (Å²) in [7, 11) is 0. The van der Waals surface area contributed by atoms with Gasteiger partial charge in [0.05, 0.1) is 30.0 Å². The Balaban J connectivity index is 1.98. The molecule has 5 nitrogen and oxygen atoms in total. The van der Waals surface area contributed by atoms with Gasteiger partial charge in [0, 0.05) is 5.69 Å². The van der Waals surface area contributed by atoms with Gasteiger partial charge in [-0.3, -0.25) is 0 Å². The van der Waals surface area contributed by atoms with E-state index < -0.39 is 5.97 Å².